The van der Waals surface area contributed by atoms with Crippen molar-refractivity contribution in [2.24, 2.45) is 5.92 Å². The largest absolute Gasteiger partial charge is 0.444 e. The molecule has 3 nitrogen and oxygen atoms in total. The molecule has 2 aromatic rings. The number of ether oxygens (including phenoxy) is 1. The van der Waals surface area contributed by atoms with Crippen molar-refractivity contribution in [3.05, 3.63) is 72.1 Å². The van der Waals surface area contributed by atoms with E-state index in [0.717, 1.165) is 29.7 Å². The predicted octanol–water partition coefficient (Wildman–Crippen LogP) is 4.56. The quantitative estimate of drug-likeness (QED) is 0.813. The van der Waals surface area contributed by atoms with Gasteiger partial charge in [-0.15, -0.1) is 0 Å². The third-order valence-electron chi connectivity index (χ3n) is 4.85. The monoisotopic (exact) mass is 306 g/mol. The number of anilines is 1. The Balaban J connectivity index is 1.57. The molecule has 4 rings (SSSR count). The zero-order valence-corrected chi connectivity index (χ0v) is 13.0. The molecule has 0 aromatic heterocycles. The summed E-state index contributed by atoms with van der Waals surface area (Å²) < 4.78 is 5.61. The summed E-state index contributed by atoms with van der Waals surface area (Å²) in [5.74, 6) is 0.453. The zero-order chi connectivity index (χ0) is 15.6. The summed E-state index contributed by atoms with van der Waals surface area (Å²) in [6, 6.07) is 18.2. The minimum absolute atomic E-state index is 0.230. The molecule has 1 amide bonds. The average Bonchev–Trinajstić information content (AvgIpc) is 3.06. The number of amides is 1. The molecule has 0 unspecified atom stereocenters. The van der Waals surface area contributed by atoms with Gasteiger partial charge in [0.2, 0.25) is 0 Å². The predicted molar refractivity (Wildman–Crippen MR) is 90.1 cm³/mol. The van der Waals surface area contributed by atoms with Crippen molar-refractivity contribution in [3.63, 3.8) is 0 Å². The van der Waals surface area contributed by atoms with E-state index in [-0.39, 0.29) is 12.1 Å². The van der Waals surface area contributed by atoms with Crippen LogP contribution in [0.25, 0.3) is 0 Å². The molecule has 23 heavy (non-hydrogen) atoms. The standard InChI is InChI=1S/C20H20NO2/c22-20(23-14-15-7-2-1-3-8-15)21-18-11-5-4-9-16(18)13-17-10-6-12-19(17)21/h1-5,7-9,11,13,17,19H,6,10,12,14H2/t17-,19-/m1/s1. The van der Waals surface area contributed by atoms with E-state index in [0.29, 0.717) is 12.5 Å². The van der Waals surface area contributed by atoms with E-state index in [1.54, 1.807) is 0 Å². The lowest BCUT2D eigenvalue weighted by atomic mass is 9.88. The van der Waals surface area contributed by atoms with E-state index in [1.807, 2.05) is 53.4 Å². The van der Waals surface area contributed by atoms with E-state index in [1.165, 1.54) is 6.42 Å². The number of para-hydroxylation sites is 1. The maximum Gasteiger partial charge on any atom is 0.414 e. The normalized spacial score (nSPS) is 22.3. The van der Waals surface area contributed by atoms with Gasteiger partial charge in [0.25, 0.3) is 0 Å². The van der Waals surface area contributed by atoms with Gasteiger partial charge in [-0.05, 0) is 42.4 Å². The SMILES string of the molecule is O=C(OCc1ccccc1)N1c2ccccc2[CH][C@H]2CCC[C@H]21. The minimum Gasteiger partial charge on any atom is -0.444 e. The molecule has 0 saturated heterocycles. The Labute approximate surface area is 136 Å². The van der Waals surface area contributed by atoms with Gasteiger partial charge in [-0.1, -0.05) is 55.0 Å². The van der Waals surface area contributed by atoms with E-state index in [9.17, 15) is 4.79 Å². The van der Waals surface area contributed by atoms with E-state index < -0.39 is 0 Å². The average molecular weight is 306 g/mol. The van der Waals surface area contributed by atoms with Crippen molar-refractivity contribution in [2.75, 3.05) is 4.90 Å². The molecule has 1 aliphatic heterocycles. The highest BCUT2D eigenvalue weighted by Crippen LogP contribution is 2.43. The van der Waals surface area contributed by atoms with Gasteiger partial charge in [-0.3, -0.25) is 4.90 Å². The molecule has 0 bridgehead atoms. The van der Waals surface area contributed by atoms with Gasteiger partial charge in [0.1, 0.15) is 6.61 Å². The smallest absolute Gasteiger partial charge is 0.414 e. The molecule has 0 spiro atoms. The Kier molecular flexibility index (Phi) is 3.78. The molecule has 2 aromatic carbocycles. The van der Waals surface area contributed by atoms with Crippen molar-refractivity contribution in [1.82, 2.24) is 0 Å². The molecule has 117 valence electrons. The first-order valence-corrected chi connectivity index (χ1v) is 8.27. The molecular weight excluding hydrogens is 286 g/mol. The fraction of sp³-hybridized carbons (Fsp3) is 0.300. The van der Waals surface area contributed by atoms with Crippen molar-refractivity contribution >= 4 is 11.8 Å². The molecule has 3 heteroatoms. The summed E-state index contributed by atoms with van der Waals surface area (Å²) >= 11 is 0. The summed E-state index contributed by atoms with van der Waals surface area (Å²) in [4.78, 5) is 14.7. The van der Waals surface area contributed by atoms with Crippen LogP contribution in [0.1, 0.15) is 30.4 Å². The molecule has 0 N–H and O–H groups in total. The topological polar surface area (TPSA) is 29.5 Å². The van der Waals surface area contributed by atoms with Gasteiger partial charge < -0.3 is 4.74 Å². The van der Waals surface area contributed by atoms with E-state index >= 15 is 0 Å². The highest BCUT2D eigenvalue weighted by molar-refractivity contribution is 5.91. The lowest BCUT2D eigenvalue weighted by Gasteiger charge is -2.38. The van der Waals surface area contributed by atoms with Crippen LogP contribution in [0.15, 0.2) is 54.6 Å². The molecule has 1 saturated carbocycles. The summed E-state index contributed by atoms with van der Waals surface area (Å²) in [6.07, 6.45) is 5.47. The van der Waals surface area contributed by atoms with Crippen LogP contribution in [0.4, 0.5) is 10.5 Å². The van der Waals surface area contributed by atoms with Crippen LogP contribution >= 0.6 is 0 Å². The maximum atomic E-state index is 12.8. The van der Waals surface area contributed by atoms with Crippen LogP contribution < -0.4 is 4.90 Å². The fourth-order valence-electron chi connectivity index (χ4n) is 3.76. The van der Waals surface area contributed by atoms with Crippen LogP contribution in [0.3, 0.4) is 0 Å². The third kappa shape index (κ3) is 2.72. The number of fused-ring (bicyclic) bond motifs is 2. The Morgan fingerprint density at radius 1 is 1.04 bits per heavy atom. The van der Waals surface area contributed by atoms with Crippen molar-refractivity contribution in [3.8, 4) is 0 Å². The third-order valence-corrected chi connectivity index (χ3v) is 4.85. The number of hydrogen-bond acceptors (Lipinski definition) is 2. The molecule has 2 aliphatic rings. The van der Waals surface area contributed by atoms with Gasteiger partial charge >= 0.3 is 6.09 Å². The van der Waals surface area contributed by atoms with Crippen LogP contribution in [-0.4, -0.2) is 12.1 Å². The van der Waals surface area contributed by atoms with Crippen LogP contribution in [0.2, 0.25) is 0 Å². The molecule has 1 heterocycles. The van der Waals surface area contributed by atoms with E-state index in [4.69, 9.17) is 4.74 Å². The molecular formula is C20H20NO2. The second-order valence-corrected chi connectivity index (χ2v) is 6.30. The van der Waals surface area contributed by atoms with Crippen molar-refractivity contribution in [2.45, 2.75) is 31.9 Å². The van der Waals surface area contributed by atoms with Crippen LogP contribution in [0, 0.1) is 12.3 Å². The summed E-state index contributed by atoms with van der Waals surface area (Å²) in [5.41, 5.74) is 3.14. The van der Waals surface area contributed by atoms with Crippen molar-refractivity contribution in [1.29, 1.82) is 0 Å². The van der Waals surface area contributed by atoms with Gasteiger partial charge in [0, 0.05) is 6.04 Å². The zero-order valence-electron chi connectivity index (χ0n) is 13.0. The first-order valence-electron chi connectivity index (χ1n) is 8.27. The maximum absolute atomic E-state index is 12.8. The number of hydrogen-bond donors (Lipinski definition) is 0. The van der Waals surface area contributed by atoms with E-state index in [2.05, 4.69) is 12.5 Å². The highest BCUT2D eigenvalue weighted by Gasteiger charge is 2.41. The number of rotatable bonds is 2. The lowest BCUT2D eigenvalue weighted by molar-refractivity contribution is 0.143. The molecule has 1 aliphatic carbocycles. The summed E-state index contributed by atoms with van der Waals surface area (Å²) in [5, 5.41) is 0. The number of benzene rings is 2. The number of carbonyl (C=O) groups is 1. The Bertz CT molecular complexity index is 698. The Morgan fingerprint density at radius 3 is 2.70 bits per heavy atom. The first kappa shape index (κ1) is 14.3. The highest BCUT2D eigenvalue weighted by atomic mass is 16.6. The van der Waals surface area contributed by atoms with Crippen LogP contribution in [0.5, 0.6) is 0 Å². The number of nitrogens with zero attached hydrogens (tertiary/aromatic N) is 1. The Morgan fingerprint density at radius 2 is 1.83 bits per heavy atom. The van der Waals surface area contributed by atoms with Gasteiger partial charge in [-0.2, -0.15) is 0 Å². The fourth-order valence-corrected chi connectivity index (χ4v) is 3.76. The Hall–Kier alpha value is -2.29. The molecule has 1 fully saturated rings. The molecule has 2 atom stereocenters. The van der Waals surface area contributed by atoms with Crippen LogP contribution in [-0.2, 0) is 11.3 Å². The summed E-state index contributed by atoms with van der Waals surface area (Å²) in [7, 11) is 0. The summed E-state index contributed by atoms with van der Waals surface area (Å²) in [6.45, 7) is 0.319. The second kappa shape index (κ2) is 6.07. The van der Waals surface area contributed by atoms with Gasteiger partial charge in [0.15, 0.2) is 0 Å². The second-order valence-electron chi connectivity index (χ2n) is 6.30. The van der Waals surface area contributed by atoms with Gasteiger partial charge in [0.05, 0.1) is 5.69 Å². The van der Waals surface area contributed by atoms with Gasteiger partial charge in [-0.25, -0.2) is 4.79 Å². The lowest BCUT2D eigenvalue weighted by Crippen LogP contribution is -2.46. The first-order chi connectivity index (χ1) is 11.3. The van der Waals surface area contributed by atoms with Crippen molar-refractivity contribution < 1.29 is 9.53 Å². The minimum atomic E-state index is -0.230. The number of carbonyl (C=O) groups excluding carboxylic acids is 1. The molecule has 1 radical (unpaired) electrons.